The van der Waals surface area contributed by atoms with Crippen LogP contribution in [0.1, 0.15) is 6.42 Å². The number of rotatable bonds is 7. The zero-order valence-corrected chi connectivity index (χ0v) is 20.4. The van der Waals surface area contributed by atoms with Gasteiger partial charge in [-0.05, 0) is 12.5 Å². The third kappa shape index (κ3) is 5.04. The summed E-state index contributed by atoms with van der Waals surface area (Å²) in [5, 5.41) is 6.30. The molecule has 0 unspecified atom stereocenters. The quantitative estimate of drug-likeness (QED) is 0.450. The molecule has 1 aromatic carbocycles. The maximum atomic E-state index is 13.0. The fraction of sp³-hybridized carbons (Fsp3) is 0.304. The first-order valence-electron chi connectivity index (χ1n) is 10.5. The lowest BCUT2D eigenvalue weighted by Gasteiger charge is -2.32. The van der Waals surface area contributed by atoms with E-state index in [1.807, 2.05) is 0 Å². The number of hydrogen-bond donors (Lipinski definition) is 2. The highest BCUT2D eigenvalue weighted by Crippen LogP contribution is 2.46. The second-order valence-corrected chi connectivity index (χ2v) is 8.35. The van der Waals surface area contributed by atoms with E-state index in [0.717, 1.165) is 0 Å². The number of benzene rings is 1. The average molecular weight is 521 g/mol. The van der Waals surface area contributed by atoms with E-state index in [4.69, 9.17) is 41.8 Å². The van der Waals surface area contributed by atoms with Crippen molar-refractivity contribution >= 4 is 46.2 Å². The molecule has 10 nitrogen and oxygen atoms in total. The number of methoxy groups -OCH3 is 2. The van der Waals surface area contributed by atoms with Crippen LogP contribution in [0.4, 0.5) is 5.95 Å². The van der Waals surface area contributed by atoms with E-state index in [-0.39, 0.29) is 56.4 Å². The Bertz CT molecular complexity index is 1320. The van der Waals surface area contributed by atoms with E-state index in [0.29, 0.717) is 31.1 Å². The SMILES string of the molecule is C=CC(=O)N[C@H]1CCOC[C@H]1Nc1ncc2oc(-c3c(Cl)c(OC)cc(OC)c3Cl)cc(=O)c2n1. The van der Waals surface area contributed by atoms with E-state index >= 15 is 0 Å². The highest BCUT2D eigenvalue weighted by atomic mass is 35.5. The Kier molecular flexibility index (Phi) is 7.44. The monoisotopic (exact) mass is 520 g/mol. The van der Waals surface area contributed by atoms with Gasteiger partial charge in [-0.25, -0.2) is 9.97 Å². The molecule has 2 aromatic heterocycles. The summed E-state index contributed by atoms with van der Waals surface area (Å²) in [7, 11) is 2.89. The molecule has 1 aliphatic heterocycles. The summed E-state index contributed by atoms with van der Waals surface area (Å²) < 4.78 is 22.0. The molecule has 0 spiro atoms. The number of ether oxygens (including phenoxy) is 3. The smallest absolute Gasteiger partial charge is 0.243 e. The molecule has 3 aromatic rings. The maximum Gasteiger partial charge on any atom is 0.243 e. The van der Waals surface area contributed by atoms with E-state index in [9.17, 15) is 9.59 Å². The van der Waals surface area contributed by atoms with Gasteiger partial charge in [0.2, 0.25) is 17.3 Å². The molecular weight excluding hydrogens is 499 g/mol. The minimum Gasteiger partial charge on any atom is -0.495 e. The van der Waals surface area contributed by atoms with Crippen molar-refractivity contribution < 1.29 is 23.4 Å². The maximum absolute atomic E-state index is 13.0. The standard InChI is InChI=1S/C23H22Cl2N4O6/c1-4-18(31)27-11-5-6-34-10-12(11)28-23-26-9-17-22(29-23)13(30)7-14(35-17)19-20(24)15(32-2)8-16(33-3)21(19)25/h4,7-9,11-12H,1,5-6,10H2,2-3H3,(H,27,31)(H,26,28,29)/t11-,12+/m0/s1. The minimum absolute atomic E-state index is 0.0526. The van der Waals surface area contributed by atoms with Crippen molar-refractivity contribution in [3.8, 4) is 22.8 Å². The first-order chi connectivity index (χ1) is 16.9. The molecule has 184 valence electrons. The van der Waals surface area contributed by atoms with Gasteiger partial charge in [0.1, 0.15) is 17.3 Å². The number of halogens is 2. The third-order valence-electron chi connectivity index (χ3n) is 5.47. The molecule has 0 saturated carbocycles. The number of hydrogen-bond acceptors (Lipinski definition) is 9. The third-order valence-corrected chi connectivity index (χ3v) is 6.23. The van der Waals surface area contributed by atoms with Crippen molar-refractivity contribution in [3.63, 3.8) is 0 Å². The normalized spacial score (nSPS) is 17.6. The molecule has 2 N–H and O–H groups in total. The van der Waals surface area contributed by atoms with Gasteiger partial charge in [-0.2, -0.15) is 0 Å². The van der Waals surface area contributed by atoms with Crippen molar-refractivity contribution in [1.29, 1.82) is 0 Å². The first kappa shape index (κ1) is 24.8. The molecule has 2 atom stereocenters. The van der Waals surface area contributed by atoms with Crippen molar-refractivity contribution in [2.24, 2.45) is 0 Å². The van der Waals surface area contributed by atoms with Gasteiger partial charge in [0.05, 0.1) is 54.7 Å². The molecule has 3 heterocycles. The summed E-state index contributed by atoms with van der Waals surface area (Å²) >= 11 is 12.9. The summed E-state index contributed by atoms with van der Waals surface area (Å²) in [6.07, 6.45) is 3.18. The highest BCUT2D eigenvalue weighted by molar-refractivity contribution is 6.41. The van der Waals surface area contributed by atoms with Crippen LogP contribution in [-0.2, 0) is 9.53 Å². The molecule has 1 fully saturated rings. The summed E-state index contributed by atoms with van der Waals surface area (Å²) in [6.45, 7) is 4.30. The van der Waals surface area contributed by atoms with Crippen LogP contribution in [0.15, 0.2) is 40.2 Å². The summed E-state index contributed by atoms with van der Waals surface area (Å²) in [6, 6.07) is 2.24. The van der Waals surface area contributed by atoms with E-state index < -0.39 is 5.43 Å². The largest absolute Gasteiger partial charge is 0.495 e. The second-order valence-electron chi connectivity index (χ2n) is 7.60. The van der Waals surface area contributed by atoms with Gasteiger partial charge in [-0.1, -0.05) is 29.8 Å². The zero-order chi connectivity index (χ0) is 25.1. The Hall–Kier alpha value is -3.34. The van der Waals surface area contributed by atoms with Gasteiger partial charge in [-0.15, -0.1) is 0 Å². The number of anilines is 1. The lowest BCUT2D eigenvalue weighted by molar-refractivity contribution is -0.117. The average Bonchev–Trinajstić information content (AvgIpc) is 2.86. The van der Waals surface area contributed by atoms with Crippen LogP contribution < -0.4 is 25.5 Å². The Labute approximate surface area is 210 Å². The number of nitrogens with zero attached hydrogens (tertiary/aromatic N) is 2. The van der Waals surface area contributed by atoms with Crippen LogP contribution in [0.3, 0.4) is 0 Å². The molecule has 0 aliphatic carbocycles. The number of aromatic nitrogens is 2. The number of carbonyl (C=O) groups excluding carboxylic acids is 1. The fourth-order valence-corrected chi connectivity index (χ4v) is 4.40. The fourth-order valence-electron chi connectivity index (χ4n) is 3.71. The Balaban J connectivity index is 1.69. The van der Waals surface area contributed by atoms with E-state index in [1.54, 1.807) is 0 Å². The summed E-state index contributed by atoms with van der Waals surface area (Å²) in [4.78, 5) is 33.3. The van der Waals surface area contributed by atoms with Crippen LogP contribution in [0.5, 0.6) is 11.5 Å². The van der Waals surface area contributed by atoms with Crippen molar-refractivity contribution in [3.05, 3.63) is 51.3 Å². The van der Waals surface area contributed by atoms with Crippen LogP contribution in [-0.4, -0.2) is 55.4 Å². The van der Waals surface area contributed by atoms with Crippen LogP contribution in [0.2, 0.25) is 10.0 Å². The Morgan fingerprint density at radius 3 is 2.57 bits per heavy atom. The summed E-state index contributed by atoms with van der Waals surface area (Å²) in [5.41, 5.74) is -0.0111. The second kappa shape index (κ2) is 10.5. The highest BCUT2D eigenvalue weighted by Gasteiger charge is 2.28. The van der Waals surface area contributed by atoms with Gasteiger partial charge >= 0.3 is 0 Å². The molecule has 0 bridgehead atoms. The van der Waals surface area contributed by atoms with Crippen LogP contribution >= 0.6 is 23.2 Å². The predicted octanol–water partition coefficient (Wildman–Crippen LogP) is 3.45. The van der Waals surface area contributed by atoms with Crippen molar-refractivity contribution in [2.45, 2.75) is 18.5 Å². The Morgan fingerprint density at radius 1 is 1.20 bits per heavy atom. The number of fused-ring (bicyclic) bond motifs is 1. The van der Waals surface area contributed by atoms with Crippen molar-refractivity contribution in [1.82, 2.24) is 15.3 Å². The number of nitrogens with one attached hydrogen (secondary N) is 2. The molecular formula is C23H22Cl2N4O6. The molecule has 12 heteroatoms. The topological polar surface area (TPSA) is 125 Å². The molecule has 1 saturated heterocycles. The van der Waals surface area contributed by atoms with Crippen LogP contribution in [0.25, 0.3) is 22.4 Å². The molecule has 0 radical (unpaired) electrons. The zero-order valence-electron chi connectivity index (χ0n) is 18.9. The van der Waals surface area contributed by atoms with Gasteiger partial charge in [0.15, 0.2) is 11.1 Å². The van der Waals surface area contributed by atoms with Crippen molar-refractivity contribution in [2.75, 3.05) is 32.8 Å². The van der Waals surface area contributed by atoms with Gasteiger partial charge < -0.3 is 29.3 Å². The number of amides is 1. The lowest BCUT2D eigenvalue weighted by atomic mass is 10.0. The van der Waals surface area contributed by atoms with Gasteiger partial charge in [0.25, 0.3) is 0 Å². The number of carbonyl (C=O) groups is 1. The first-order valence-corrected chi connectivity index (χ1v) is 11.3. The van der Waals surface area contributed by atoms with Gasteiger partial charge in [0, 0.05) is 18.7 Å². The molecule has 35 heavy (non-hydrogen) atoms. The lowest BCUT2D eigenvalue weighted by Crippen LogP contribution is -2.52. The predicted molar refractivity (Wildman–Crippen MR) is 132 cm³/mol. The van der Waals surface area contributed by atoms with Gasteiger partial charge in [-0.3, -0.25) is 9.59 Å². The summed E-state index contributed by atoms with van der Waals surface area (Å²) in [5.74, 6) is 0.600. The molecule has 1 amide bonds. The Morgan fingerprint density at radius 2 is 1.91 bits per heavy atom. The minimum atomic E-state index is -0.433. The molecule has 1 aliphatic rings. The molecule has 4 rings (SSSR count). The van der Waals surface area contributed by atoms with E-state index in [2.05, 4.69) is 27.2 Å². The van der Waals surface area contributed by atoms with Crippen LogP contribution in [0, 0.1) is 0 Å². The van der Waals surface area contributed by atoms with E-state index in [1.165, 1.54) is 38.6 Å².